The van der Waals surface area contributed by atoms with Crippen LogP contribution in [0, 0.1) is 5.82 Å². The Labute approximate surface area is 190 Å². The largest absolute Gasteiger partial charge is 0.465 e. The van der Waals surface area contributed by atoms with E-state index in [1.54, 1.807) is 18.2 Å². The molecule has 5 rings (SSSR count). The molecule has 168 valence electrons. The lowest BCUT2D eigenvalue weighted by atomic mass is 9.66. The number of halogens is 1. The lowest BCUT2D eigenvalue weighted by Crippen LogP contribution is -2.49. The molecular weight excluding hydrogens is 449 g/mol. The van der Waals surface area contributed by atoms with Crippen LogP contribution in [-0.4, -0.2) is 48.1 Å². The van der Waals surface area contributed by atoms with Gasteiger partial charge in [0.15, 0.2) is 11.6 Å². The van der Waals surface area contributed by atoms with Gasteiger partial charge in [0.1, 0.15) is 11.5 Å². The molecule has 0 aromatic carbocycles. The van der Waals surface area contributed by atoms with E-state index in [9.17, 15) is 19.1 Å². The van der Waals surface area contributed by atoms with Crippen molar-refractivity contribution in [3.63, 3.8) is 0 Å². The number of anilines is 1. The maximum absolute atomic E-state index is 14.4. The zero-order valence-electron chi connectivity index (χ0n) is 17.2. The molecule has 4 aromatic rings. The van der Waals surface area contributed by atoms with Crippen LogP contribution in [0.25, 0.3) is 21.3 Å². The molecule has 1 fully saturated rings. The highest BCUT2D eigenvalue weighted by molar-refractivity contribution is 7.18. The van der Waals surface area contributed by atoms with Crippen LogP contribution in [0.3, 0.4) is 0 Å². The highest BCUT2D eigenvalue weighted by atomic mass is 32.1. The molecule has 33 heavy (non-hydrogen) atoms. The maximum atomic E-state index is 14.4. The van der Waals surface area contributed by atoms with Crippen LogP contribution in [0.1, 0.15) is 25.0 Å². The first-order valence-electron chi connectivity index (χ1n) is 10.2. The van der Waals surface area contributed by atoms with Crippen molar-refractivity contribution < 1.29 is 14.3 Å². The first kappa shape index (κ1) is 20.9. The van der Waals surface area contributed by atoms with Gasteiger partial charge in [0, 0.05) is 18.2 Å². The minimum Gasteiger partial charge on any atom is -0.465 e. The Balaban J connectivity index is 1.40. The van der Waals surface area contributed by atoms with Crippen LogP contribution >= 0.6 is 11.3 Å². The number of amides is 1. The number of carbonyl (C=O) groups is 1. The number of nitrogens with one attached hydrogen (secondary N) is 2. The van der Waals surface area contributed by atoms with E-state index in [2.05, 4.69) is 30.4 Å². The fourth-order valence-electron chi connectivity index (χ4n) is 3.99. The summed E-state index contributed by atoms with van der Waals surface area (Å²) >= 11 is 1.36. The van der Waals surface area contributed by atoms with Crippen LogP contribution in [0.15, 0.2) is 47.4 Å². The van der Waals surface area contributed by atoms with Gasteiger partial charge >= 0.3 is 11.8 Å². The molecule has 0 unspecified atom stereocenters. The Morgan fingerprint density at radius 1 is 1.18 bits per heavy atom. The molecule has 10 nitrogen and oxygen atoms in total. The van der Waals surface area contributed by atoms with Gasteiger partial charge in [-0.25, -0.2) is 19.1 Å². The highest BCUT2D eigenvalue weighted by Crippen LogP contribution is 2.45. The molecular formula is C21H18FN7O3S. The molecule has 0 spiro atoms. The molecule has 1 aliphatic rings. The van der Waals surface area contributed by atoms with E-state index < -0.39 is 23.0 Å². The smallest absolute Gasteiger partial charge is 0.413 e. The van der Waals surface area contributed by atoms with Gasteiger partial charge in [0.25, 0.3) is 0 Å². The second kappa shape index (κ2) is 8.20. The van der Waals surface area contributed by atoms with E-state index in [1.165, 1.54) is 29.7 Å². The van der Waals surface area contributed by atoms with Crippen molar-refractivity contribution in [2.24, 2.45) is 0 Å². The third kappa shape index (κ3) is 3.89. The van der Waals surface area contributed by atoms with E-state index >= 15 is 0 Å². The average Bonchev–Trinajstić information content (AvgIpc) is 3.43. The molecule has 4 heterocycles. The first-order chi connectivity index (χ1) is 15.9. The SMILES string of the molecule is O=C(O)N(CC1(c2ncccc2F)CCC1)c1ccc(-c2ccc(-c3n[nH]c(=O)[nH]3)s2)nn1. The van der Waals surface area contributed by atoms with Gasteiger partial charge in [-0.05, 0) is 49.2 Å². The van der Waals surface area contributed by atoms with E-state index in [0.29, 0.717) is 24.4 Å². The quantitative estimate of drug-likeness (QED) is 0.394. The number of H-pyrrole nitrogens is 2. The van der Waals surface area contributed by atoms with Crippen LogP contribution in [0.2, 0.25) is 0 Å². The number of thiophene rings is 1. The number of aromatic nitrogens is 6. The molecule has 1 amide bonds. The van der Waals surface area contributed by atoms with Crippen molar-refractivity contribution in [3.8, 4) is 21.3 Å². The van der Waals surface area contributed by atoms with Crippen molar-refractivity contribution >= 4 is 23.2 Å². The number of pyridine rings is 1. The molecule has 0 radical (unpaired) electrons. The van der Waals surface area contributed by atoms with E-state index in [-0.39, 0.29) is 18.1 Å². The zero-order valence-corrected chi connectivity index (χ0v) is 18.0. The Morgan fingerprint density at radius 2 is 2.00 bits per heavy atom. The van der Waals surface area contributed by atoms with E-state index in [0.717, 1.165) is 21.1 Å². The topological polar surface area (TPSA) is 141 Å². The molecule has 0 saturated heterocycles. The summed E-state index contributed by atoms with van der Waals surface area (Å²) in [5.74, 6) is 0.142. The van der Waals surface area contributed by atoms with Crippen LogP contribution in [0.5, 0.6) is 0 Å². The lowest BCUT2D eigenvalue weighted by Gasteiger charge is -2.43. The minimum atomic E-state index is -1.19. The van der Waals surface area contributed by atoms with E-state index in [4.69, 9.17) is 0 Å². The number of rotatable bonds is 6. The summed E-state index contributed by atoms with van der Waals surface area (Å²) < 4.78 is 14.4. The van der Waals surface area contributed by atoms with Gasteiger partial charge in [0.2, 0.25) is 0 Å². The summed E-state index contributed by atoms with van der Waals surface area (Å²) in [4.78, 5) is 32.7. The van der Waals surface area contributed by atoms with Gasteiger partial charge in [-0.3, -0.25) is 14.9 Å². The lowest BCUT2D eigenvalue weighted by molar-refractivity contribution is 0.188. The summed E-state index contributed by atoms with van der Waals surface area (Å²) in [7, 11) is 0. The van der Waals surface area contributed by atoms with Crippen molar-refractivity contribution in [2.45, 2.75) is 24.7 Å². The van der Waals surface area contributed by atoms with Gasteiger partial charge in [-0.2, -0.15) is 5.10 Å². The van der Waals surface area contributed by atoms with Crippen LogP contribution < -0.4 is 10.6 Å². The third-order valence-corrected chi connectivity index (χ3v) is 6.90. The number of hydrogen-bond donors (Lipinski definition) is 3. The van der Waals surface area contributed by atoms with Gasteiger partial charge < -0.3 is 5.11 Å². The Kier molecular flexibility index (Phi) is 5.21. The summed E-state index contributed by atoms with van der Waals surface area (Å²) in [6, 6.07) is 9.73. The summed E-state index contributed by atoms with van der Waals surface area (Å²) in [5, 5.41) is 24.4. The summed E-state index contributed by atoms with van der Waals surface area (Å²) in [6.07, 6.45) is 2.48. The van der Waals surface area contributed by atoms with Gasteiger partial charge in [-0.1, -0.05) is 6.42 Å². The Hall–Kier alpha value is -3.93. The highest BCUT2D eigenvalue weighted by Gasteiger charge is 2.44. The first-order valence-corrected chi connectivity index (χ1v) is 11.0. The fourth-order valence-corrected chi connectivity index (χ4v) is 4.90. The molecule has 3 N–H and O–H groups in total. The monoisotopic (exact) mass is 467 g/mol. The maximum Gasteiger partial charge on any atom is 0.413 e. The van der Waals surface area contributed by atoms with Crippen molar-refractivity contribution in [3.05, 3.63) is 64.6 Å². The molecule has 0 bridgehead atoms. The molecule has 1 aliphatic carbocycles. The van der Waals surface area contributed by atoms with Crippen LogP contribution in [-0.2, 0) is 5.41 Å². The second-order valence-electron chi connectivity index (χ2n) is 7.80. The predicted octanol–water partition coefficient (Wildman–Crippen LogP) is 3.42. The third-order valence-electron chi connectivity index (χ3n) is 5.78. The van der Waals surface area contributed by atoms with Gasteiger partial charge in [-0.15, -0.1) is 21.5 Å². The number of hydrogen-bond acceptors (Lipinski definition) is 7. The molecule has 0 aliphatic heterocycles. The normalized spacial score (nSPS) is 14.6. The predicted molar refractivity (Wildman–Crippen MR) is 119 cm³/mol. The second-order valence-corrected chi connectivity index (χ2v) is 8.89. The van der Waals surface area contributed by atoms with Crippen LogP contribution in [0.4, 0.5) is 15.0 Å². The molecule has 4 aromatic heterocycles. The molecule has 1 saturated carbocycles. The number of nitrogens with zero attached hydrogens (tertiary/aromatic N) is 5. The summed E-state index contributed by atoms with van der Waals surface area (Å²) in [5.41, 5.74) is -0.248. The standard InChI is InChI=1S/C21H18FN7O3S/c22-12-3-1-10-23-17(12)21(8-2-9-21)11-29(20(31)32)16-7-4-13(25-26-16)14-5-6-15(33-14)18-24-19(30)28-27-18/h1,3-7,10H,2,8-9,11H2,(H,31,32)(H2,24,27,28,30). The minimum absolute atomic E-state index is 0.0416. The Morgan fingerprint density at radius 3 is 2.61 bits per heavy atom. The van der Waals surface area contributed by atoms with Crippen molar-refractivity contribution in [1.82, 2.24) is 30.4 Å². The number of carboxylic acid groups (broad SMARTS) is 1. The number of aromatic amines is 2. The van der Waals surface area contributed by atoms with Crippen molar-refractivity contribution in [2.75, 3.05) is 11.4 Å². The van der Waals surface area contributed by atoms with Crippen molar-refractivity contribution in [1.29, 1.82) is 0 Å². The Bertz CT molecular complexity index is 1360. The average molecular weight is 467 g/mol. The summed E-state index contributed by atoms with van der Waals surface area (Å²) in [6.45, 7) is 0.0416. The molecule has 0 atom stereocenters. The fraction of sp³-hybridized carbons (Fsp3) is 0.238. The van der Waals surface area contributed by atoms with Gasteiger partial charge in [0.05, 0.1) is 15.4 Å². The van der Waals surface area contributed by atoms with E-state index in [1.807, 2.05) is 6.07 Å². The zero-order chi connectivity index (χ0) is 23.0. The molecule has 12 heteroatoms.